The Bertz CT molecular complexity index is 848. The highest BCUT2D eigenvalue weighted by atomic mass is 19.4. The summed E-state index contributed by atoms with van der Waals surface area (Å²) in [5.41, 5.74) is 1.75. The minimum atomic E-state index is -4.42. The van der Waals surface area contributed by atoms with E-state index in [9.17, 15) is 22.8 Å². The fourth-order valence-electron chi connectivity index (χ4n) is 2.77. The number of benzene rings is 2. The van der Waals surface area contributed by atoms with Crippen LogP contribution in [0.25, 0.3) is 0 Å². The number of anilines is 3. The molecule has 0 bridgehead atoms. The van der Waals surface area contributed by atoms with Gasteiger partial charge in [-0.2, -0.15) is 13.2 Å². The molecule has 1 heterocycles. The van der Waals surface area contributed by atoms with Crippen LogP contribution in [0.1, 0.15) is 17.5 Å². The topological polar surface area (TPSA) is 61.4 Å². The zero-order valence-corrected chi connectivity index (χ0v) is 13.9. The molecule has 2 aromatic rings. The molecule has 0 saturated heterocycles. The molecule has 0 fully saturated rings. The molecule has 3 rings (SSSR count). The quantitative estimate of drug-likeness (QED) is 0.838. The van der Waals surface area contributed by atoms with E-state index < -0.39 is 17.8 Å². The number of carbonyl (C=O) groups is 2. The van der Waals surface area contributed by atoms with Gasteiger partial charge in [-0.1, -0.05) is 0 Å². The third kappa shape index (κ3) is 3.79. The molecule has 0 unspecified atom stereocenters. The maximum atomic E-state index is 12.5. The first-order valence-electron chi connectivity index (χ1n) is 7.89. The lowest BCUT2D eigenvalue weighted by molar-refractivity contribution is -0.137. The number of nitrogens with zero attached hydrogens (tertiary/aromatic N) is 1. The number of urea groups is 1. The molecule has 1 aliphatic heterocycles. The second-order valence-corrected chi connectivity index (χ2v) is 5.95. The molecule has 0 aromatic heterocycles. The lowest BCUT2D eigenvalue weighted by Crippen LogP contribution is -2.31. The highest BCUT2D eigenvalue weighted by Crippen LogP contribution is 2.30. The lowest BCUT2D eigenvalue weighted by atomic mass is 10.0. The maximum absolute atomic E-state index is 12.5. The second kappa shape index (κ2) is 6.70. The molecule has 0 atom stereocenters. The number of aryl methyl sites for hydroxylation is 1. The molecule has 0 saturated carbocycles. The minimum Gasteiger partial charge on any atom is -0.315 e. The fraction of sp³-hybridized carbons (Fsp3) is 0.222. The molecule has 0 radical (unpaired) electrons. The van der Waals surface area contributed by atoms with E-state index >= 15 is 0 Å². The molecule has 3 amide bonds. The first-order chi connectivity index (χ1) is 12.2. The van der Waals surface area contributed by atoms with Crippen LogP contribution in [-0.4, -0.2) is 19.0 Å². The van der Waals surface area contributed by atoms with Crippen molar-refractivity contribution in [1.82, 2.24) is 0 Å². The molecule has 5 nitrogen and oxygen atoms in total. The molecule has 2 aromatic carbocycles. The Morgan fingerprint density at radius 2 is 1.62 bits per heavy atom. The number of hydrogen-bond donors (Lipinski definition) is 2. The molecular formula is C18H16F3N3O2. The average molecular weight is 363 g/mol. The van der Waals surface area contributed by atoms with Gasteiger partial charge in [0.15, 0.2) is 0 Å². The van der Waals surface area contributed by atoms with Gasteiger partial charge in [0, 0.05) is 30.5 Å². The molecule has 1 aliphatic rings. The van der Waals surface area contributed by atoms with Gasteiger partial charge in [0.25, 0.3) is 0 Å². The van der Waals surface area contributed by atoms with Gasteiger partial charge in [-0.25, -0.2) is 4.79 Å². The molecule has 0 spiro atoms. The molecule has 8 heteroatoms. The van der Waals surface area contributed by atoms with Gasteiger partial charge in [-0.3, -0.25) is 4.79 Å². The molecule has 136 valence electrons. The van der Waals surface area contributed by atoms with Crippen LogP contribution in [0, 0.1) is 0 Å². The third-order valence-corrected chi connectivity index (χ3v) is 4.15. The van der Waals surface area contributed by atoms with Crippen LogP contribution in [0.4, 0.5) is 35.0 Å². The van der Waals surface area contributed by atoms with Crippen LogP contribution >= 0.6 is 0 Å². The Hall–Kier alpha value is -3.03. The predicted molar refractivity (Wildman–Crippen MR) is 92.3 cm³/mol. The van der Waals surface area contributed by atoms with Crippen molar-refractivity contribution in [2.45, 2.75) is 19.0 Å². The average Bonchev–Trinajstić information content (AvgIpc) is 2.58. The number of rotatable bonds is 2. The molecule has 2 N–H and O–H groups in total. The summed E-state index contributed by atoms with van der Waals surface area (Å²) in [5, 5.41) is 5.12. The number of hydrogen-bond acceptors (Lipinski definition) is 2. The zero-order chi connectivity index (χ0) is 18.9. The van der Waals surface area contributed by atoms with Crippen LogP contribution < -0.4 is 15.5 Å². The van der Waals surface area contributed by atoms with Gasteiger partial charge in [0.05, 0.1) is 5.56 Å². The molecule has 26 heavy (non-hydrogen) atoms. The number of carbonyl (C=O) groups excluding carboxylic acids is 2. The summed E-state index contributed by atoms with van der Waals surface area (Å²) in [7, 11) is 1.70. The fourth-order valence-corrected chi connectivity index (χ4v) is 2.77. The second-order valence-electron chi connectivity index (χ2n) is 5.95. The van der Waals surface area contributed by atoms with Crippen LogP contribution in [0.15, 0.2) is 42.5 Å². The van der Waals surface area contributed by atoms with Crippen molar-refractivity contribution in [3.63, 3.8) is 0 Å². The first kappa shape index (κ1) is 17.8. The number of fused-ring (bicyclic) bond motifs is 1. The lowest BCUT2D eigenvalue weighted by Gasteiger charge is -2.26. The van der Waals surface area contributed by atoms with E-state index in [4.69, 9.17) is 0 Å². The largest absolute Gasteiger partial charge is 0.416 e. The van der Waals surface area contributed by atoms with E-state index in [1.54, 1.807) is 30.1 Å². The maximum Gasteiger partial charge on any atom is 0.416 e. The number of alkyl halides is 3. The van der Waals surface area contributed by atoms with E-state index in [-0.39, 0.29) is 11.6 Å². The Kier molecular flexibility index (Phi) is 4.58. The Morgan fingerprint density at radius 3 is 2.27 bits per heavy atom. The van der Waals surface area contributed by atoms with Gasteiger partial charge < -0.3 is 15.5 Å². The van der Waals surface area contributed by atoms with E-state index in [2.05, 4.69) is 10.6 Å². The summed E-state index contributed by atoms with van der Waals surface area (Å²) in [6.45, 7) is 0. The van der Waals surface area contributed by atoms with Crippen LogP contribution in [0.3, 0.4) is 0 Å². The Morgan fingerprint density at radius 1 is 1.00 bits per heavy atom. The number of amides is 3. The summed E-state index contributed by atoms with van der Waals surface area (Å²) in [6, 6.07) is 8.82. The van der Waals surface area contributed by atoms with Gasteiger partial charge in [-0.05, 0) is 54.4 Å². The van der Waals surface area contributed by atoms with Crippen molar-refractivity contribution >= 4 is 29.0 Å². The van der Waals surface area contributed by atoms with E-state index in [0.29, 0.717) is 18.5 Å². The Balaban J connectivity index is 1.66. The number of nitrogens with one attached hydrogen (secondary N) is 2. The van der Waals surface area contributed by atoms with Gasteiger partial charge in [0.2, 0.25) is 5.91 Å². The zero-order valence-electron chi connectivity index (χ0n) is 13.9. The minimum absolute atomic E-state index is 0.0401. The Labute approximate surface area is 147 Å². The standard InChI is InChI=1S/C18H16F3N3O2/c1-24-15-8-7-14(10-11(15)2-9-16(24)25)23-17(26)22-13-5-3-12(4-6-13)18(19,20)21/h3-8,10H,2,9H2,1H3,(H2,22,23,26). The molecular weight excluding hydrogens is 347 g/mol. The van der Waals surface area contributed by atoms with Crippen LogP contribution in [-0.2, 0) is 17.4 Å². The van der Waals surface area contributed by atoms with Crippen molar-refractivity contribution in [2.24, 2.45) is 0 Å². The van der Waals surface area contributed by atoms with Gasteiger partial charge in [0.1, 0.15) is 0 Å². The summed E-state index contributed by atoms with van der Waals surface area (Å²) in [4.78, 5) is 25.3. The van der Waals surface area contributed by atoms with Crippen molar-refractivity contribution < 1.29 is 22.8 Å². The summed E-state index contributed by atoms with van der Waals surface area (Å²) in [5.74, 6) is 0.0401. The van der Waals surface area contributed by atoms with E-state index in [1.807, 2.05) is 0 Å². The van der Waals surface area contributed by atoms with Crippen molar-refractivity contribution in [2.75, 3.05) is 22.6 Å². The van der Waals surface area contributed by atoms with Gasteiger partial charge in [-0.15, -0.1) is 0 Å². The SMILES string of the molecule is CN1C(=O)CCc2cc(NC(=O)Nc3ccc(C(F)(F)F)cc3)ccc21. The molecule has 0 aliphatic carbocycles. The monoisotopic (exact) mass is 363 g/mol. The highest BCUT2D eigenvalue weighted by Gasteiger charge is 2.30. The highest BCUT2D eigenvalue weighted by molar-refractivity contribution is 6.01. The van der Waals surface area contributed by atoms with Crippen molar-refractivity contribution in [1.29, 1.82) is 0 Å². The van der Waals surface area contributed by atoms with E-state index in [1.165, 1.54) is 12.1 Å². The third-order valence-electron chi connectivity index (χ3n) is 4.15. The first-order valence-corrected chi connectivity index (χ1v) is 7.89. The number of halogens is 3. The smallest absolute Gasteiger partial charge is 0.315 e. The van der Waals surface area contributed by atoms with Gasteiger partial charge >= 0.3 is 12.2 Å². The predicted octanol–water partition coefficient (Wildman–Crippen LogP) is 4.26. The van der Waals surface area contributed by atoms with Crippen LogP contribution in [0.2, 0.25) is 0 Å². The van der Waals surface area contributed by atoms with E-state index in [0.717, 1.165) is 23.4 Å². The normalized spacial score (nSPS) is 14.0. The summed E-state index contributed by atoms with van der Waals surface area (Å²) in [6.07, 6.45) is -3.42. The van der Waals surface area contributed by atoms with Crippen LogP contribution in [0.5, 0.6) is 0 Å². The van der Waals surface area contributed by atoms with Crippen molar-refractivity contribution in [3.8, 4) is 0 Å². The summed E-state index contributed by atoms with van der Waals surface area (Å²) >= 11 is 0. The van der Waals surface area contributed by atoms with Crippen molar-refractivity contribution in [3.05, 3.63) is 53.6 Å². The summed E-state index contributed by atoms with van der Waals surface area (Å²) < 4.78 is 37.6.